The number of benzene rings is 2. The summed E-state index contributed by atoms with van der Waals surface area (Å²) in [5, 5.41) is 7.31. The molecule has 2 amide bonds. The first kappa shape index (κ1) is 23.4. The first-order valence-corrected chi connectivity index (χ1v) is 12.5. The molecule has 1 aliphatic heterocycles. The second kappa shape index (κ2) is 9.36. The fourth-order valence-electron chi connectivity index (χ4n) is 3.58. The summed E-state index contributed by atoms with van der Waals surface area (Å²) in [6.45, 7) is 0. The van der Waals surface area contributed by atoms with Crippen LogP contribution >= 0.6 is 39.0 Å². The first-order valence-electron chi connectivity index (χ1n) is 10.1. The second-order valence-electron chi connectivity index (χ2n) is 7.22. The number of carbonyl (C=O) groups is 2. The lowest BCUT2D eigenvalue weighted by Gasteiger charge is -2.13. The zero-order valence-corrected chi connectivity index (χ0v) is 21.8. The van der Waals surface area contributed by atoms with Gasteiger partial charge in [-0.15, -0.1) is 0 Å². The van der Waals surface area contributed by atoms with Crippen molar-refractivity contribution < 1.29 is 23.8 Å². The van der Waals surface area contributed by atoms with Gasteiger partial charge >= 0.3 is 0 Å². The van der Waals surface area contributed by atoms with E-state index in [1.54, 1.807) is 31.9 Å². The van der Waals surface area contributed by atoms with Gasteiger partial charge in [-0.2, -0.15) is 5.10 Å². The van der Waals surface area contributed by atoms with E-state index in [9.17, 15) is 9.59 Å². The molecular weight excluding hydrogens is 556 g/mol. The normalized spacial score (nSPS) is 14.6. The summed E-state index contributed by atoms with van der Waals surface area (Å²) in [5.74, 6) is 1.05. The SMILES string of the molecule is COc1cc(-c2nn3c(C=C4SC(=O)NC4=O)c(-c4ccc(Br)cc4)nc3s2)cc(OC)c1OC. The smallest absolute Gasteiger partial charge is 0.290 e. The molecule has 0 spiro atoms. The van der Waals surface area contributed by atoms with Gasteiger partial charge < -0.3 is 14.2 Å². The number of imidazole rings is 1. The standard InChI is InChI=1S/C23H17BrN4O5S2/c1-31-15-8-12(9-16(32-2)19(15)33-3)21-27-28-14(10-17-20(29)26-23(30)34-17)18(25-22(28)35-21)11-4-6-13(24)7-5-11/h4-10H,1-3H3,(H,26,29,30). The number of hydrogen-bond acceptors (Lipinski definition) is 9. The number of amides is 2. The van der Waals surface area contributed by atoms with Crippen LogP contribution in [-0.2, 0) is 4.79 Å². The highest BCUT2D eigenvalue weighted by molar-refractivity contribution is 9.10. The summed E-state index contributed by atoms with van der Waals surface area (Å²) in [4.78, 5) is 29.7. The van der Waals surface area contributed by atoms with Gasteiger partial charge in [0.1, 0.15) is 5.01 Å². The fraction of sp³-hybridized carbons (Fsp3) is 0.130. The number of aromatic nitrogens is 3. The van der Waals surface area contributed by atoms with Crippen LogP contribution in [0.5, 0.6) is 17.2 Å². The Hall–Kier alpha value is -3.35. The van der Waals surface area contributed by atoms with Crippen molar-refractivity contribution in [1.82, 2.24) is 19.9 Å². The van der Waals surface area contributed by atoms with E-state index < -0.39 is 11.1 Å². The Morgan fingerprint density at radius 3 is 2.26 bits per heavy atom. The summed E-state index contributed by atoms with van der Waals surface area (Å²) < 4.78 is 19.0. The number of carbonyl (C=O) groups excluding carboxylic acids is 2. The van der Waals surface area contributed by atoms with Gasteiger partial charge in [0.25, 0.3) is 11.1 Å². The van der Waals surface area contributed by atoms with Gasteiger partial charge in [-0.05, 0) is 42.1 Å². The van der Waals surface area contributed by atoms with Crippen molar-refractivity contribution in [2.75, 3.05) is 21.3 Å². The third kappa shape index (κ3) is 4.28. The quantitative estimate of drug-likeness (QED) is 0.313. The van der Waals surface area contributed by atoms with Crippen LogP contribution in [0.15, 0.2) is 45.8 Å². The van der Waals surface area contributed by atoms with Crippen LogP contribution in [0, 0.1) is 0 Å². The molecular formula is C23H17BrN4O5S2. The molecule has 1 fully saturated rings. The Bertz CT molecular complexity index is 1490. The van der Waals surface area contributed by atoms with Crippen LogP contribution in [0.25, 0.3) is 32.9 Å². The average Bonchev–Trinajstić information content (AvgIpc) is 3.51. The van der Waals surface area contributed by atoms with Crippen molar-refractivity contribution in [3.8, 4) is 39.1 Å². The van der Waals surface area contributed by atoms with Gasteiger partial charge in [-0.1, -0.05) is 39.4 Å². The van der Waals surface area contributed by atoms with Crippen molar-refractivity contribution in [1.29, 1.82) is 0 Å². The van der Waals surface area contributed by atoms with Crippen LogP contribution in [0.1, 0.15) is 5.69 Å². The van der Waals surface area contributed by atoms with Crippen molar-refractivity contribution in [3.63, 3.8) is 0 Å². The molecule has 35 heavy (non-hydrogen) atoms. The molecule has 178 valence electrons. The Balaban J connectivity index is 1.69. The number of imide groups is 1. The van der Waals surface area contributed by atoms with Crippen LogP contribution in [-0.4, -0.2) is 47.1 Å². The molecule has 0 atom stereocenters. The van der Waals surface area contributed by atoms with Gasteiger partial charge in [0.05, 0.1) is 37.6 Å². The van der Waals surface area contributed by atoms with Gasteiger partial charge in [0.2, 0.25) is 10.7 Å². The second-order valence-corrected chi connectivity index (χ2v) is 10.1. The maximum Gasteiger partial charge on any atom is 0.290 e. The minimum atomic E-state index is -0.447. The molecule has 0 saturated carbocycles. The number of rotatable bonds is 6. The van der Waals surface area contributed by atoms with E-state index >= 15 is 0 Å². The Morgan fingerprint density at radius 1 is 1.00 bits per heavy atom. The molecule has 1 aliphatic rings. The minimum absolute atomic E-state index is 0.275. The number of halogens is 1. The van der Waals surface area contributed by atoms with E-state index in [0.717, 1.165) is 27.4 Å². The molecule has 1 saturated heterocycles. The molecule has 0 aliphatic carbocycles. The van der Waals surface area contributed by atoms with E-state index in [4.69, 9.17) is 24.3 Å². The number of fused-ring (bicyclic) bond motifs is 1. The number of thioether (sulfide) groups is 1. The maximum absolute atomic E-state index is 12.3. The van der Waals surface area contributed by atoms with E-state index in [-0.39, 0.29) is 4.91 Å². The molecule has 0 bridgehead atoms. The van der Waals surface area contributed by atoms with Crippen molar-refractivity contribution in [2.24, 2.45) is 0 Å². The van der Waals surface area contributed by atoms with Crippen LogP contribution in [0.2, 0.25) is 0 Å². The van der Waals surface area contributed by atoms with Crippen LogP contribution in [0.4, 0.5) is 4.79 Å². The topological polar surface area (TPSA) is 104 Å². The molecule has 0 radical (unpaired) electrons. The Labute approximate surface area is 216 Å². The number of ether oxygens (including phenoxy) is 3. The third-order valence-electron chi connectivity index (χ3n) is 5.18. The van der Waals surface area contributed by atoms with Crippen molar-refractivity contribution >= 4 is 61.2 Å². The molecule has 2 aromatic heterocycles. The monoisotopic (exact) mass is 572 g/mol. The van der Waals surface area contributed by atoms with E-state index in [0.29, 0.717) is 38.6 Å². The van der Waals surface area contributed by atoms with Gasteiger partial charge in [-0.3, -0.25) is 14.9 Å². The zero-order chi connectivity index (χ0) is 24.7. The number of nitrogens with zero attached hydrogens (tertiary/aromatic N) is 3. The molecule has 5 rings (SSSR count). The lowest BCUT2D eigenvalue weighted by atomic mass is 10.1. The summed E-state index contributed by atoms with van der Waals surface area (Å²) in [7, 11) is 4.65. The molecule has 12 heteroatoms. The molecule has 4 aromatic rings. The van der Waals surface area contributed by atoms with Crippen LogP contribution in [0.3, 0.4) is 0 Å². The first-order chi connectivity index (χ1) is 16.9. The molecule has 9 nitrogen and oxygen atoms in total. The summed E-state index contributed by atoms with van der Waals surface area (Å²) in [6.07, 6.45) is 1.64. The lowest BCUT2D eigenvalue weighted by molar-refractivity contribution is -0.115. The maximum atomic E-state index is 12.3. The highest BCUT2D eigenvalue weighted by Gasteiger charge is 2.27. The largest absolute Gasteiger partial charge is 0.493 e. The van der Waals surface area contributed by atoms with E-state index in [1.165, 1.54) is 11.3 Å². The van der Waals surface area contributed by atoms with Crippen LogP contribution < -0.4 is 19.5 Å². The number of hydrogen-bond donors (Lipinski definition) is 1. The Morgan fingerprint density at radius 2 is 1.69 bits per heavy atom. The van der Waals surface area contributed by atoms with Gasteiger partial charge in [-0.25, -0.2) is 9.50 Å². The fourth-order valence-corrected chi connectivity index (χ4v) is 5.40. The van der Waals surface area contributed by atoms with E-state index in [1.807, 2.05) is 36.4 Å². The third-order valence-corrected chi connectivity index (χ3v) is 7.47. The number of nitrogens with one attached hydrogen (secondary N) is 1. The van der Waals surface area contributed by atoms with E-state index in [2.05, 4.69) is 21.2 Å². The van der Waals surface area contributed by atoms with Gasteiger partial charge in [0, 0.05) is 15.6 Å². The minimum Gasteiger partial charge on any atom is -0.493 e. The zero-order valence-electron chi connectivity index (χ0n) is 18.6. The average molecular weight is 573 g/mol. The molecule has 2 aromatic carbocycles. The molecule has 0 unspecified atom stereocenters. The molecule has 3 heterocycles. The highest BCUT2D eigenvalue weighted by Crippen LogP contribution is 2.42. The predicted octanol–water partition coefficient (Wildman–Crippen LogP) is 5.24. The Kier molecular flexibility index (Phi) is 6.26. The summed E-state index contributed by atoms with van der Waals surface area (Å²) >= 11 is 5.66. The lowest BCUT2D eigenvalue weighted by Crippen LogP contribution is -2.17. The summed E-state index contributed by atoms with van der Waals surface area (Å²) in [5.41, 5.74) is 2.83. The van der Waals surface area contributed by atoms with Crippen molar-refractivity contribution in [3.05, 3.63) is 51.5 Å². The highest BCUT2D eigenvalue weighted by atomic mass is 79.9. The number of methoxy groups -OCH3 is 3. The van der Waals surface area contributed by atoms with Crippen molar-refractivity contribution in [2.45, 2.75) is 0 Å². The molecule has 1 N–H and O–H groups in total. The predicted molar refractivity (Wildman–Crippen MR) is 138 cm³/mol. The summed E-state index contributed by atoms with van der Waals surface area (Å²) in [6, 6.07) is 11.3. The van der Waals surface area contributed by atoms with Gasteiger partial charge in [0.15, 0.2) is 11.5 Å².